The van der Waals surface area contributed by atoms with Crippen molar-refractivity contribution in [1.29, 1.82) is 0 Å². The zero-order chi connectivity index (χ0) is 15.4. The Morgan fingerprint density at radius 2 is 1.68 bits per heavy atom. The first-order chi connectivity index (χ1) is 10.7. The van der Waals surface area contributed by atoms with Crippen molar-refractivity contribution in [2.45, 2.75) is 6.92 Å². The van der Waals surface area contributed by atoms with Crippen molar-refractivity contribution in [3.8, 4) is 11.3 Å². The monoisotopic (exact) mass is 292 g/mol. The quantitative estimate of drug-likeness (QED) is 0.682. The van der Waals surface area contributed by atoms with Gasteiger partial charge >= 0.3 is 6.03 Å². The Kier molecular flexibility index (Phi) is 3.87. The number of nitrogens with zero attached hydrogens (tertiary/aromatic N) is 1. The number of H-pyrrole nitrogens is 1. The van der Waals surface area contributed by atoms with Gasteiger partial charge in [0.05, 0.1) is 5.69 Å². The molecule has 0 radical (unpaired) electrons. The molecule has 0 fully saturated rings. The number of anilines is 2. The summed E-state index contributed by atoms with van der Waals surface area (Å²) in [6.07, 6.45) is 0. The van der Waals surface area contributed by atoms with E-state index in [1.165, 1.54) is 0 Å². The number of carbonyl (C=O) groups excluding carboxylic acids is 1. The molecule has 1 heterocycles. The first-order valence-corrected chi connectivity index (χ1v) is 6.96. The molecule has 5 nitrogen and oxygen atoms in total. The van der Waals surface area contributed by atoms with Gasteiger partial charge in [0, 0.05) is 22.6 Å². The van der Waals surface area contributed by atoms with Crippen LogP contribution in [0.2, 0.25) is 0 Å². The zero-order valence-electron chi connectivity index (χ0n) is 12.1. The van der Waals surface area contributed by atoms with E-state index in [-0.39, 0.29) is 6.03 Å². The molecule has 0 spiro atoms. The van der Waals surface area contributed by atoms with Crippen LogP contribution in [0.25, 0.3) is 11.3 Å². The number of hydrogen-bond acceptors (Lipinski definition) is 2. The standard InChI is InChI=1S/C17H16N4O/c1-12-10-16(21-20-12)13-6-5-9-15(11-13)19-17(22)18-14-7-3-2-4-8-14/h2-11H,1H3,(H,20,21)(H2,18,19,22). The van der Waals surface area contributed by atoms with Crippen LogP contribution in [0.1, 0.15) is 5.69 Å². The number of urea groups is 1. The minimum Gasteiger partial charge on any atom is -0.308 e. The van der Waals surface area contributed by atoms with Crippen molar-refractivity contribution in [1.82, 2.24) is 10.2 Å². The Balaban J connectivity index is 1.71. The van der Waals surface area contributed by atoms with E-state index in [0.29, 0.717) is 5.69 Å². The van der Waals surface area contributed by atoms with Gasteiger partial charge in [-0.2, -0.15) is 5.10 Å². The minimum atomic E-state index is -0.276. The van der Waals surface area contributed by atoms with Crippen LogP contribution in [0, 0.1) is 6.92 Å². The van der Waals surface area contributed by atoms with Crippen molar-refractivity contribution < 1.29 is 4.79 Å². The second kappa shape index (κ2) is 6.13. The fourth-order valence-corrected chi connectivity index (χ4v) is 2.14. The van der Waals surface area contributed by atoms with E-state index in [9.17, 15) is 4.79 Å². The van der Waals surface area contributed by atoms with Gasteiger partial charge in [-0.15, -0.1) is 0 Å². The number of para-hydroxylation sites is 1. The first kappa shape index (κ1) is 13.9. The number of carbonyl (C=O) groups is 1. The molecule has 2 amide bonds. The molecule has 0 aliphatic carbocycles. The summed E-state index contributed by atoms with van der Waals surface area (Å²) in [5, 5.41) is 12.7. The van der Waals surface area contributed by atoms with Crippen LogP contribution in [0.3, 0.4) is 0 Å². The third kappa shape index (κ3) is 3.32. The minimum absolute atomic E-state index is 0.276. The highest BCUT2D eigenvalue weighted by atomic mass is 16.2. The highest BCUT2D eigenvalue weighted by Gasteiger charge is 2.05. The number of amides is 2. The number of rotatable bonds is 3. The van der Waals surface area contributed by atoms with Gasteiger partial charge in [-0.25, -0.2) is 4.79 Å². The molecule has 0 atom stereocenters. The molecule has 3 rings (SSSR count). The number of benzene rings is 2. The third-order valence-corrected chi connectivity index (χ3v) is 3.15. The summed E-state index contributed by atoms with van der Waals surface area (Å²) >= 11 is 0. The van der Waals surface area contributed by atoms with Crippen LogP contribution in [0.4, 0.5) is 16.2 Å². The lowest BCUT2D eigenvalue weighted by molar-refractivity contribution is 0.262. The molecular weight excluding hydrogens is 276 g/mol. The van der Waals surface area contributed by atoms with Gasteiger partial charge in [-0.1, -0.05) is 30.3 Å². The summed E-state index contributed by atoms with van der Waals surface area (Å²) in [7, 11) is 0. The van der Waals surface area contributed by atoms with Crippen molar-refractivity contribution >= 4 is 17.4 Å². The van der Waals surface area contributed by atoms with Crippen molar-refractivity contribution in [2.75, 3.05) is 10.6 Å². The Hall–Kier alpha value is -3.08. The molecule has 2 aromatic carbocycles. The average molecular weight is 292 g/mol. The van der Waals surface area contributed by atoms with E-state index >= 15 is 0 Å². The molecule has 22 heavy (non-hydrogen) atoms. The molecule has 3 aromatic rings. The van der Waals surface area contributed by atoms with Gasteiger partial charge in [0.25, 0.3) is 0 Å². The van der Waals surface area contributed by atoms with Crippen molar-refractivity contribution in [2.24, 2.45) is 0 Å². The normalized spacial score (nSPS) is 10.2. The van der Waals surface area contributed by atoms with Crippen LogP contribution in [-0.4, -0.2) is 16.2 Å². The van der Waals surface area contributed by atoms with Crippen LogP contribution >= 0.6 is 0 Å². The van der Waals surface area contributed by atoms with Crippen LogP contribution in [-0.2, 0) is 0 Å². The van der Waals surface area contributed by atoms with E-state index in [4.69, 9.17) is 0 Å². The fourth-order valence-electron chi connectivity index (χ4n) is 2.14. The molecule has 0 aliphatic rings. The van der Waals surface area contributed by atoms with E-state index < -0.39 is 0 Å². The predicted octanol–water partition coefficient (Wildman–Crippen LogP) is 4.03. The average Bonchev–Trinajstić information content (AvgIpc) is 2.95. The zero-order valence-corrected chi connectivity index (χ0v) is 12.1. The molecule has 5 heteroatoms. The van der Waals surface area contributed by atoms with Crippen molar-refractivity contribution in [3.63, 3.8) is 0 Å². The molecule has 0 saturated heterocycles. The van der Waals surface area contributed by atoms with Gasteiger partial charge < -0.3 is 10.6 Å². The van der Waals surface area contributed by atoms with Gasteiger partial charge in [0.2, 0.25) is 0 Å². The predicted molar refractivity (Wildman–Crippen MR) is 87.8 cm³/mol. The number of hydrogen-bond donors (Lipinski definition) is 3. The molecular formula is C17H16N4O. The molecule has 0 unspecified atom stereocenters. The van der Waals surface area contributed by atoms with Gasteiger partial charge in [0.1, 0.15) is 0 Å². The number of nitrogens with one attached hydrogen (secondary N) is 3. The van der Waals surface area contributed by atoms with E-state index in [2.05, 4.69) is 20.8 Å². The van der Waals surface area contributed by atoms with Crippen molar-refractivity contribution in [3.05, 3.63) is 66.4 Å². The maximum atomic E-state index is 12.0. The molecule has 110 valence electrons. The maximum Gasteiger partial charge on any atom is 0.323 e. The Morgan fingerprint density at radius 1 is 0.955 bits per heavy atom. The van der Waals surface area contributed by atoms with Crippen LogP contribution in [0.5, 0.6) is 0 Å². The molecule has 0 bridgehead atoms. The Bertz CT molecular complexity index is 780. The van der Waals surface area contributed by atoms with Gasteiger partial charge in [0.15, 0.2) is 0 Å². The fraction of sp³-hybridized carbons (Fsp3) is 0.0588. The lowest BCUT2D eigenvalue weighted by atomic mass is 10.1. The van der Waals surface area contributed by atoms with Crippen LogP contribution in [0.15, 0.2) is 60.7 Å². The molecule has 0 saturated carbocycles. The van der Waals surface area contributed by atoms with Crippen LogP contribution < -0.4 is 10.6 Å². The summed E-state index contributed by atoms with van der Waals surface area (Å²) in [5.41, 5.74) is 4.26. The number of aromatic amines is 1. The summed E-state index contributed by atoms with van der Waals surface area (Å²) in [4.78, 5) is 12.0. The Morgan fingerprint density at radius 3 is 2.41 bits per heavy atom. The second-order valence-corrected chi connectivity index (χ2v) is 4.96. The summed E-state index contributed by atoms with van der Waals surface area (Å²) < 4.78 is 0. The van der Waals surface area contributed by atoms with E-state index in [1.807, 2.05) is 67.6 Å². The first-order valence-electron chi connectivity index (χ1n) is 6.96. The SMILES string of the molecule is Cc1cc(-c2cccc(NC(=O)Nc3ccccc3)c2)n[nH]1. The van der Waals surface area contributed by atoms with Gasteiger partial charge in [-0.05, 0) is 37.3 Å². The maximum absolute atomic E-state index is 12.0. The number of aromatic nitrogens is 2. The molecule has 0 aliphatic heterocycles. The topological polar surface area (TPSA) is 69.8 Å². The summed E-state index contributed by atoms with van der Waals surface area (Å²) in [6.45, 7) is 1.95. The Labute approximate surface area is 128 Å². The molecule has 3 N–H and O–H groups in total. The summed E-state index contributed by atoms with van der Waals surface area (Å²) in [5.74, 6) is 0. The van der Waals surface area contributed by atoms with E-state index in [0.717, 1.165) is 22.6 Å². The molecule has 1 aromatic heterocycles. The highest BCUT2D eigenvalue weighted by molar-refractivity contribution is 6.00. The third-order valence-electron chi connectivity index (χ3n) is 3.15. The lowest BCUT2D eigenvalue weighted by Crippen LogP contribution is -2.19. The van der Waals surface area contributed by atoms with E-state index in [1.54, 1.807) is 0 Å². The largest absolute Gasteiger partial charge is 0.323 e. The summed E-state index contributed by atoms with van der Waals surface area (Å²) in [6, 6.07) is 18.6. The van der Waals surface area contributed by atoms with Gasteiger partial charge in [-0.3, -0.25) is 5.10 Å². The smallest absolute Gasteiger partial charge is 0.308 e. The highest BCUT2D eigenvalue weighted by Crippen LogP contribution is 2.21. The number of aryl methyl sites for hydroxylation is 1. The lowest BCUT2D eigenvalue weighted by Gasteiger charge is -2.08. The second-order valence-electron chi connectivity index (χ2n) is 4.96.